The van der Waals surface area contributed by atoms with Crippen LogP contribution in [0.2, 0.25) is 0 Å². The van der Waals surface area contributed by atoms with Gasteiger partial charge in [-0.05, 0) is 90.3 Å². The Balaban J connectivity index is 1.29. The Labute approximate surface area is 245 Å². The predicted octanol–water partition coefficient (Wildman–Crippen LogP) is 9.92. The number of hydrogen-bond acceptors (Lipinski definition) is 1. The normalized spacial score (nSPS) is 11.7. The fourth-order valence-electron chi connectivity index (χ4n) is 6.49. The summed E-state index contributed by atoms with van der Waals surface area (Å²) in [6.45, 7) is 2.16. The van der Waals surface area contributed by atoms with Gasteiger partial charge in [0.25, 0.3) is 0 Å². The number of aromatic nitrogens is 2. The van der Waals surface area contributed by atoms with Gasteiger partial charge in [-0.15, -0.1) is 0 Å². The van der Waals surface area contributed by atoms with E-state index in [4.69, 9.17) is 0 Å². The number of para-hydroxylation sites is 2. The van der Waals surface area contributed by atoms with E-state index in [9.17, 15) is 0 Å². The Morgan fingerprint density at radius 2 is 1.02 bits per heavy atom. The van der Waals surface area contributed by atoms with E-state index in [1.165, 1.54) is 77.4 Å². The fourth-order valence-corrected chi connectivity index (χ4v) is 6.49. The molecule has 6 aromatic carbocycles. The Bertz CT molecular complexity index is 2270. The standard InChI is InChI=1S/C39H31N3/c1-26-13-20-33-32-11-7-8-12-36(32)42(39(33)23-26)30-17-14-27(15-18-30)28-16-21-37-34(24-28)35-25-31(40(2)3)19-22-38(35)41(37)29-9-5-4-6-10-29/h4-25H,1-3H3. The van der Waals surface area contributed by atoms with Crippen LogP contribution in [-0.2, 0) is 0 Å². The van der Waals surface area contributed by atoms with Crippen LogP contribution in [0.5, 0.6) is 0 Å². The molecule has 8 rings (SSSR count). The molecule has 202 valence electrons. The molecule has 3 heteroatoms. The van der Waals surface area contributed by atoms with Crippen molar-refractivity contribution < 1.29 is 0 Å². The summed E-state index contributed by atoms with van der Waals surface area (Å²) in [6.07, 6.45) is 0. The lowest BCUT2D eigenvalue weighted by Gasteiger charge is -2.13. The van der Waals surface area contributed by atoms with Crippen molar-refractivity contribution in [3.8, 4) is 22.5 Å². The number of aryl methyl sites for hydroxylation is 1. The average molecular weight is 542 g/mol. The van der Waals surface area contributed by atoms with Crippen LogP contribution in [0.1, 0.15) is 5.56 Å². The predicted molar refractivity (Wildman–Crippen MR) is 180 cm³/mol. The van der Waals surface area contributed by atoms with Gasteiger partial charge in [0.1, 0.15) is 0 Å². The lowest BCUT2D eigenvalue weighted by molar-refractivity contribution is 1.13. The summed E-state index contributed by atoms with van der Waals surface area (Å²) in [6, 6.07) is 48.8. The maximum atomic E-state index is 2.39. The molecule has 0 aliphatic rings. The van der Waals surface area contributed by atoms with Crippen LogP contribution in [-0.4, -0.2) is 23.2 Å². The summed E-state index contributed by atoms with van der Waals surface area (Å²) < 4.78 is 4.77. The smallest absolute Gasteiger partial charge is 0.0543 e. The molecule has 0 fully saturated rings. The minimum atomic E-state index is 1.17. The summed E-state index contributed by atoms with van der Waals surface area (Å²) in [5.41, 5.74) is 12.2. The zero-order chi connectivity index (χ0) is 28.4. The zero-order valence-electron chi connectivity index (χ0n) is 24.0. The van der Waals surface area contributed by atoms with Gasteiger partial charge in [0.2, 0.25) is 0 Å². The van der Waals surface area contributed by atoms with E-state index >= 15 is 0 Å². The molecule has 0 N–H and O–H groups in total. The first-order valence-electron chi connectivity index (χ1n) is 14.5. The second-order valence-electron chi connectivity index (χ2n) is 11.4. The van der Waals surface area contributed by atoms with Crippen LogP contribution in [0, 0.1) is 6.92 Å². The lowest BCUT2D eigenvalue weighted by Crippen LogP contribution is -2.08. The highest BCUT2D eigenvalue weighted by atomic mass is 15.1. The molecule has 8 aromatic rings. The second-order valence-corrected chi connectivity index (χ2v) is 11.4. The van der Waals surface area contributed by atoms with Gasteiger partial charge in [0, 0.05) is 52.7 Å². The van der Waals surface area contributed by atoms with Crippen LogP contribution >= 0.6 is 0 Å². The van der Waals surface area contributed by atoms with Crippen LogP contribution in [0.25, 0.3) is 66.1 Å². The van der Waals surface area contributed by atoms with Gasteiger partial charge in [0.05, 0.1) is 22.1 Å². The van der Waals surface area contributed by atoms with Gasteiger partial charge in [0.15, 0.2) is 0 Å². The summed E-state index contributed by atoms with van der Waals surface area (Å²) in [4.78, 5) is 2.17. The summed E-state index contributed by atoms with van der Waals surface area (Å²) >= 11 is 0. The highest BCUT2D eigenvalue weighted by molar-refractivity contribution is 6.12. The van der Waals surface area contributed by atoms with Crippen molar-refractivity contribution in [2.75, 3.05) is 19.0 Å². The molecular weight excluding hydrogens is 510 g/mol. The monoisotopic (exact) mass is 541 g/mol. The van der Waals surface area contributed by atoms with Gasteiger partial charge in [-0.3, -0.25) is 0 Å². The van der Waals surface area contributed by atoms with Crippen molar-refractivity contribution in [1.29, 1.82) is 0 Å². The molecule has 0 aliphatic carbocycles. The molecule has 0 spiro atoms. The molecule has 0 saturated heterocycles. The van der Waals surface area contributed by atoms with E-state index in [1.54, 1.807) is 0 Å². The molecule has 2 aromatic heterocycles. The molecule has 0 aliphatic heterocycles. The highest BCUT2D eigenvalue weighted by Crippen LogP contribution is 2.37. The molecule has 42 heavy (non-hydrogen) atoms. The van der Waals surface area contributed by atoms with Crippen molar-refractivity contribution in [3.63, 3.8) is 0 Å². The third-order valence-corrected chi connectivity index (χ3v) is 8.57. The number of hydrogen-bond donors (Lipinski definition) is 0. The number of fused-ring (bicyclic) bond motifs is 6. The van der Waals surface area contributed by atoms with E-state index in [0.717, 1.165) is 0 Å². The van der Waals surface area contributed by atoms with E-state index in [2.05, 4.69) is 169 Å². The lowest BCUT2D eigenvalue weighted by atomic mass is 10.0. The van der Waals surface area contributed by atoms with Gasteiger partial charge in [-0.2, -0.15) is 0 Å². The summed E-state index contributed by atoms with van der Waals surface area (Å²) in [5, 5.41) is 5.10. The maximum Gasteiger partial charge on any atom is 0.0543 e. The quantitative estimate of drug-likeness (QED) is 0.216. The molecule has 0 atom stereocenters. The number of anilines is 1. The van der Waals surface area contributed by atoms with Gasteiger partial charge in [-0.25, -0.2) is 0 Å². The first kappa shape index (κ1) is 24.5. The minimum absolute atomic E-state index is 1.17. The van der Waals surface area contributed by atoms with E-state index < -0.39 is 0 Å². The largest absolute Gasteiger partial charge is 0.378 e. The van der Waals surface area contributed by atoms with E-state index in [-0.39, 0.29) is 0 Å². The summed E-state index contributed by atoms with van der Waals surface area (Å²) in [5.74, 6) is 0. The maximum absolute atomic E-state index is 2.39. The van der Waals surface area contributed by atoms with Gasteiger partial charge in [-0.1, -0.05) is 66.7 Å². The van der Waals surface area contributed by atoms with Gasteiger partial charge >= 0.3 is 0 Å². The van der Waals surface area contributed by atoms with Crippen LogP contribution in [0.15, 0.2) is 133 Å². The molecule has 3 nitrogen and oxygen atoms in total. The fraction of sp³-hybridized carbons (Fsp3) is 0.0769. The van der Waals surface area contributed by atoms with Crippen LogP contribution < -0.4 is 4.90 Å². The molecule has 2 heterocycles. The number of benzene rings is 6. The van der Waals surface area contributed by atoms with Crippen molar-refractivity contribution >= 4 is 49.3 Å². The van der Waals surface area contributed by atoms with E-state index in [1.807, 2.05) is 0 Å². The number of rotatable bonds is 4. The molecule has 0 bridgehead atoms. The summed E-state index contributed by atoms with van der Waals surface area (Å²) in [7, 11) is 4.20. The third kappa shape index (κ3) is 3.74. The highest BCUT2D eigenvalue weighted by Gasteiger charge is 2.15. The molecular formula is C39H31N3. The van der Waals surface area contributed by atoms with Crippen molar-refractivity contribution in [2.45, 2.75) is 6.92 Å². The minimum Gasteiger partial charge on any atom is -0.378 e. The average Bonchev–Trinajstić information content (AvgIpc) is 3.53. The Hall–Kier alpha value is -5.28. The Morgan fingerprint density at radius 1 is 0.429 bits per heavy atom. The van der Waals surface area contributed by atoms with Crippen molar-refractivity contribution in [1.82, 2.24) is 9.13 Å². The first-order chi connectivity index (χ1) is 20.6. The van der Waals surface area contributed by atoms with Crippen molar-refractivity contribution in [3.05, 3.63) is 139 Å². The first-order valence-corrected chi connectivity index (χ1v) is 14.5. The van der Waals surface area contributed by atoms with E-state index in [0.29, 0.717) is 0 Å². The zero-order valence-corrected chi connectivity index (χ0v) is 24.0. The topological polar surface area (TPSA) is 13.1 Å². The number of nitrogens with zero attached hydrogens (tertiary/aromatic N) is 3. The SMILES string of the molecule is Cc1ccc2c3ccccc3n(-c3ccc(-c4ccc5c(c4)c4cc(N(C)C)ccc4n5-c4ccccc4)cc3)c2c1. The van der Waals surface area contributed by atoms with Gasteiger partial charge < -0.3 is 14.0 Å². The van der Waals surface area contributed by atoms with Crippen LogP contribution in [0.3, 0.4) is 0 Å². The Kier molecular flexibility index (Phi) is 5.48. The van der Waals surface area contributed by atoms with Crippen LogP contribution in [0.4, 0.5) is 5.69 Å². The molecule has 0 saturated carbocycles. The Morgan fingerprint density at radius 3 is 1.81 bits per heavy atom. The molecule has 0 radical (unpaired) electrons. The third-order valence-electron chi connectivity index (χ3n) is 8.57. The second kappa shape index (κ2) is 9.39. The molecule has 0 amide bonds. The molecule has 0 unspecified atom stereocenters. The van der Waals surface area contributed by atoms with Crippen molar-refractivity contribution in [2.24, 2.45) is 0 Å².